The fraction of sp³-hybridized carbons (Fsp3) is 1.00. The van der Waals surface area contributed by atoms with Crippen LogP contribution in [0.25, 0.3) is 0 Å². The van der Waals surface area contributed by atoms with E-state index in [1.807, 2.05) is 0 Å². The zero-order valence-electron chi connectivity index (χ0n) is 6.89. The number of alkyl halides is 9. The quantitative estimate of drug-likeness (QED) is 0.397. The first-order valence-corrected chi connectivity index (χ1v) is 5.01. The van der Waals surface area contributed by atoms with E-state index in [-0.39, 0.29) is 0 Å². The second-order valence-electron chi connectivity index (χ2n) is 2.64. The van der Waals surface area contributed by atoms with E-state index in [0.717, 1.165) is 0 Å². The number of hydrogen-bond donors (Lipinski definition) is 0. The predicted octanol–water partition coefficient (Wildman–Crippen LogP) is 3.98. The summed E-state index contributed by atoms with van der Waals surface area (Å²) < 4.78 is 96.6. The van der Waals surface area contributed by atoms with E-state index in [2.05, 4.69) is 0 Å². The van der Waals surface area contributed by atoms with E-state index >= 15 is 0 Å². The highest BCUT2D eigenvalue weighted by Crippen LogP contribution is 2.49. The van der Waals surface area contributed by atoms with Crippen LogP contribution >= 0.6 is 22.6 Å². The third-order valence-corrected chi connectivity index (χ3v) is 2.10. The van der Waals surface area contributed by atoms with Gasteiger partial charge in [0.2, 0.25) is 0 Å². The van der Waals surface area contributed by atoms with E-state index in [1.165, 1.54) is 22.6 Å². The first-order valence-electron chi connectivity index (χ1n) is 3.48. The second kappa shape index (κ2) is 4.58. The van der Waals surface area contributed by atoms with Crippen LogP contribution in [0.1, 0.15) is 6.42 Å². The van der Waals surface area contributed by atoms with Crippen LogP contribution in [0.5, 0.6) is 0 Å². The average molecular weight is 356 g/mol. The molecule has 0 saturated heterocycles. The molecule has 15 heavy (non-hydrogen) atoms. The maximum absolute atomic E-state index is 12.5. The van der Waals surface area contributed by atoms with Crippen molar-refractivity contribution in [3.63, 3.8) is 0 Å². The Hall–Kier alpha value is 0.170. The van der Waals surface area contributed by atoms with Gasteiger partial charge in [-0.05, 0) is 0 Å². The molecule has 92 valence electrons. The average Bonchev–Trinajstić information content (AvgIpc) is 2.02. The Morgan fingerprint density at radius 3 is 1.60 bits per heavy atom. The van der Waals surface area contributed by atoms with Crippen LogP contribution < -0.4 is 0 Å². The third kappa shape index (κ3) is 2.64. The Morgan fingerprint density at radius 2 is 1.33 bits per heavy atom. The van der Waals surface area contributed by atoms with Crippen molar-refractivity contribution in [2.75, 3.05) is 4.43 Å². The molecule has 0 radical (unpaired) electrons. The van der Waals surface area contributed by atoms with Crippen LogP contribution in [0.2, 0.25) is 0 Å². The SMILES string of the molecule is FC(F)C(F)(F)C(F)(F)C(F)(F)CCI. The van der Waals surface area contributed by atoms with E-state index < -0.39 is 35.0 Å². The van der Waals surface area contributed by atoms with Crippen molar-refractivity contribution < 1.29 is 35.1 Å². The summed E-state index contributed by atoms with van der Waals surface area (Å²) >= 11 is 1.25. The molecule has 0 aromatic carbocycles. The van der Waals surface area contributed by atoms with Crippen molar-refractivity contribution in [1.82, 2.24) is 0 Å². The second-order valence-corrected chi connectivity index (χ2v) is 3.72. The lowest BCUT2D eigenvalue weighted by atomic mass is 10.0. The summed E-state index contributed by atoms with van der Waals surface area (Å²) in [4.78, 5) is 0. The van der Waals surface area contributed by atoms with Gasteiger partial charge in [-0.25, -0.2) is 8.78 Å². The van der Waals surface area contributed by atoms with Gasteiger partial charge in [-0.3, -0.25) is 0 Å². The molecule has 9 heteroatoms. The van der Waals surface area contributed by atoms with Gasteiger partial charge in [-0.15, -0.1) is 0 Å². The van der Waals surface area contributed by atoms with Gasteiger partial charge in [0.1, 0.15) is 0 Å². The minimum Gasteiger partial charge on any atom is -0.203 e. The Balaban J connectivity index is 5.11. The van der Waals surface area contributed by atoms with Crippen molar-refractivity contribution in [1.29, 1.82) is 0 Å². The van der Waals surface area contributed by atoms with Gasteiger partial charge in [0.25, 0.3) is 0 Å². The van der Waals surface area contributed by atoms with Gasteiger partial charge in [-0.1, -0.05) is 22.6 Å². The van der Waals surface area contributed by atoms with Crippen molar-refractivity contribution in [2.45, 2.75) is 30.6 Å². The van der Waals surface area contributed by atoms with Crippen LogP contribution in [0.15, 0.2) is 0 Å². The van der Waals surface area contributed by atoms with Gasteiger partial charge in [0.05, 0.1) is 0 Å². The molecular weight excluding hydrogens is 351 g/mol. The molecule has 0 aromatic rings. The van der Waals surface area contributed by atoms with Crippen LogP contribution in [0, 0.1) is 0 Å². The van der Waals surface area contributed by atoms with E-state index in [1.54, 1.807) is 0 Å². The number of hydrogen-bond acceptors (Lipinski definition) is 0. The molecule has 0 N–H and O–H groups in total. The molecule has 0 nitrogen and oxygen atoms in total. The van der Waals surface area contributed by atoms with Gasteiger partial charge in [0.15, 0.2) is 0 Å². The Kier molecular flexibility index (Phi) is 4.63. The first kappa shape index (κ1) is 15.2. The van der Waals surface area contributed by atoms with Gasteiger partial charge >= 0.3 is 24.2 Å². The van der Waals surface area contributed by atoms with Crippen LogP contribution in [0.3, 0.4) is 0 Å². The van der Waals surface area contributed by atoms with Crippen LogP contribution in [-0.2, 0) is 0 Å². The molecule has 0 heterocycles. The molecule has 0 bridgehead atoms. The highest BCUT2D eigenvalue weighted by Gasteiger charge is 2.74. The standard InChI is InChI=1S/C6H5F8I/c7-3(8)5(11,12)6(13,14)4(9,10)1-2-15/h3H,1-2H2. The fourth-order valence-electron chi connectivity index (χ4n) is 0.657. The van der Waals surface area contributed by atoms with E-state index in [9.17, 15) is 35.1 Å². The van der Waals surface area contributed by atoms with Crippen molar-refractivity contribution in [3.8, 4) is 0 Å². The molecule has 0 spiro atoms. The van der Waals surface area contributed by atoms with E-state index in [4.69, 9.17) is 0 Å². The Morgan fingerprint density at radius 1 is 0.933 bits per heavy atom. The molecule has 0 saturated carbocycles. The predicted molar refractivity (Wildman–Crippen MR) is 44.3 cm³/mol. The van der Waals surface area contributed by atoms with Crippen molar-refractivity contribution in [2.24, 2.45) is 0 Å². The van der Waals surface area contributed by atoms with Gasteiger partial charge in [0, 0.05) is 10.8 Å². The lowest BCUT2D eigenvalue weighted by Gasteiger charge is -2.31. The minimum atomic E-state index is -6.06. The van der Waals surface area contributed by atoms with Crippen molar-refractivity contribution >= 4 is 22.6 Å². The lowest BCUT2D eigenvalue weighted by Crippen LogP contribution is -2.57. The number of rotatable bonds is 5. The topological polar surface area (TPSA) is 0 Å². The van der Waals surface area contributed by atoms with Crippen molar-refractivity contribution in [3.05, 3.63) is 0 Å². The van der Waals surface area contributed by atoms with Gasteiger partial charge in [-0.2, -0.15) is 26.3 Å². The maximum Gasteiger partial charge on any atom is 0.377 e. The number of halogens is 9. The Bertz CT molecular complexity index is 213. The third-order valence-electron chi connectivity index (χ3n) is 1.56. The van der Waals surface area contributed by atoms with Crippen LogP contribution in [-0.4, -0.2) is 28.6 Å². The molecule has 0 aromatic heterocycles. The molecule has 0 atom stereocenters. The molecule has 0 amide bonds. The summed E-state index contributed by atoms with van der Waals surface area (Å²) in [6, 6.07) is 0. The molecule has 0 unspecified atom stereocenters. The molecule has 0 aliphatic heterocycles. The monoisotopic (exact) mass is 356 g/mol. The first-order chi connectivity index (χ1) is 6.50. The zero-order valence-corrected chi connectivity index (χ0v) is 9.05. The summed E-state index contributed by atoms with van der Waals surface area (Å²) in [7, 11) is 0. The molecule has 0 aliphatic carbocycles. The smallest absolute Gasteiger partial charge is 0.203 e. The summed E-state index contributed by atoms with van der Waals surface area (Å²) in [6.45, 7) is 0. The summed E-state index contributed by atoms with van der Waals surface area (Å²) in [5.41, 5.74) is 0. The highest BCUT2D eigenvalue weighted by molar-refractivity contribution is 14.1. The summed E-state index contributed by atoms with van der Waals surface area (Å²) in [6.07, 6.45) is -6.43. The molecule has 0 fully saturated rings. The minimum absolute atomic E-state index is 0.556. The fourth-order valence-corrected chi connectivity index (χ4v) is 1.33. The molecular formula is C6H5F8I. The molecule has 0 aliphatic rings. The van der Waals surface area contributed by atoms with Gasteiger partial charge < -0.3 is 0 Å². The lowest BCUT2D eigenvalue weighted by molar-refractivity contribution is -0.338. The highest BCUT2D eigenvalue weighted by atomic mass is 127. The summed E-state index contributed by atoms with van der Waals surface area (Å²) in [5.74, 6) is -17.3. The maximum atomic E-state index is 12.5. The zero-order chi connectivity index (χ0) is 12.5. The largest absolute Gasteiger partial charge is 0.377 e. The van der Waals surface area contributed by atoms with Crippen LogP contribution in [0.4, 0.5) is 35.1 Å². The molecule has 0 rings (SSSR count). The summed E-state index contributed by atoms with van der Waals surface area (Å²) in [5, 5.41) is 0. The Labute approximate surface area is 93.2 Å². The normalized spacial score (nSPS) is 14.8. The van der Waals surface area contributed by atoms with E-state index in [0.29, 0.717) is 0 Å².